The predicted octanol–water partition coefficient (Wildman–Crippen LogP) is 3.52. The Morgan fingerprint density at radius 2 is 1.78 bits per heavy atom. The van der Waals surface area contributed by atoms with Crippen LogP contribution in [0.4, 0.5) is 10.1 Å². The third kappa shape index (κ3) is 4.52. The highest BCUT2D eigenvalue weighted by Gasteiger charge is 2.31. The SMILES string of the molecule is CN1CCN(CCNc2c(F)cc3c(=O)c(C(=O)N4CCOCC4)cn4c3c2Oc2ccc3ccccc3c2-4)CC1. The molecule has 4 aromatic rings. The van der Waals surface area contributed by atoms with E-state index in [1.165, 1.54) is 6.07 Å². The van der Waals surface area contributed by atoms with E-state index in [2.05, 4.69) is 22.2 Å². The zero-order chi connectivity index (χ0) is 28.1. The van der Waals surface area contributed by atoms with Crippen LogP contribution in [0.3, 0.4) is 0 Å². The van der Waals surface area contributed by atoms with Crippen molar-refractivity contribution in [1.82, 2.24) is 19.3 Å². The van der Waals surface area contributed by atoms with Crippen LogP contribution < -0.4 is 15.5 Å². The molecule has 2 fully saturated rings. The van der Waals surface area contributed by atoms with Crippen LogP contribution in [-0.2, 0) is 4.74 Å². The molecule has 0 aliphatic carbocycles. The second-order valence-electron chi connectivity index (χ2n) is 10.9. The van der Waals surface area contributed by atoms with E-state index in [0.29, 0.717) is 49.8 Å². The van der Waals surface area contributed by atoms with Gasteiger partial charge in [-0.05, 0) is 24.6 Å². The molecule has 3 aliphatic rings. The molecular weight excluding hydrogens is 525 g/mol. The van der Waals surface area contributed by atoms with Crippen LogP contribution in [0.5, 0.6) is 11.5 Å². The highest BCUT2D eigenvalue weighted by atomic mass is 19.1. The molecule has 7 rings (SSSR count). The molecule has 4 heterocycles. The van der Waals surface area contributed by atoms with Gasteiger partial charge in [-0.2, -0.15) is 0 Å². The summed E-state index contributed by atoms with van der Waals surface area (Å²) in [5.41, 5.74) is 0.865. The number of amides is 1. The Hall–Kier alpha value is -3.99. The van der Waals surface area contributed by atoms with Crippen molar-refractivity contribution in [3.05, 3.63) is 70.3 Å². The molecule has 9 nitrogen and oxygen atoms in total. The summed E-state index contributed by atoms with van der Waals surface area (Å²) in [7, 11) is 2.11. The largest absolute Gasteiger partial charge is 0.451 e. The first kappa shape index (κ1) is 25.9. The summed E-state index contributed by atoms with van der Waals surface area (Å²) in [5, 5.41) is 5.26. The summed E-state index contributed by atoms with van der Waals surface area (Å²) in [5.74, 6) is -0.189. The summed E-state index contributed by atoms with van der Waals surface area (Å²) in [6.07, 6.45) is 1.60. The van der Waals surface area contributed by atoms with Crippen molar-refractivity contribution in [2.45, 2.75) is 0 Å². The first-order valence-electron chi connectivity index (χ1n) is 14.1. The first-order valence-corrected chi connectivity index (χ1v) is 14.1. The van der Waals surface area contributed by atoms with Gasteiger partial charge in [0.25, 0.3) is 5.91 Å². The molecule has 212 valence electrons. The minimum absolute atomic E-state index is 0.00121. The molecule has 0 spiro atoms. The number of carbonyl (C=O) groups is 1. The molecular formula is C31H32FN5O4. The molecule has 0 bridgehead atoms. The minimum Gasteiger partial charge on any atom is -0.451 e. The first-order chi connectivity index (χ1) is 20.0. The number of fused-ring (bicyclic) bond motifs is 4. The lowest BCUT2D eigenvalue weighted by atomic mass is 10.0. The number of nitrogens with zero attached hydrogens (tertiary/aromatic N) is 4. The van der Waals surface area contributed by atoms with E-state index in [0.717, 1.165) is 43.5 Å². The van der Waals surface area contributed by atoms with Gasteiger partial charge in [-0.3, -0.25) is 14.5 Å². The summed E-state index contributed by atoms with van der Waals surface area (Å²) >= 11 is 0. The maximum atomic E-state index is 15.8. The Morgan fingerprint density at radius 1 is 1.00 bits per heavy atom. The molecule has 1 aromatic heterocycles. The van der Waals surface area contributed by atoms with E-state index in [9.17, 15) is 9.59 Å². The molecule has 10 heteroatoms. The van der Waals surface area contributed by atoms with E-state index < -0.39 is 11.2 Å². The van der Waals surface area contributed by atoms with E-state index in [-0.39, 0.29) is 28.3 Å². The molecule has 3 aromatic carbocycles. The lowest BCUT2D eigenvalue weighted by Crippen LogP contribution is -2.45. The average Bonchev–Trinajstić information content (AvgIpc) is 3.00. The Kier molecular flexibility index (Phi) is 6.61. The van der Waals surface area contributed by atoms with Gasteiger partial charge in [0.15, 0.2) is 17.3 Å². The van der Waals surface area contributed by atoms with Gasteiger partial charge in [0.1, 0.15) is 16.8 Å². The van der Waals surface area contributed by atoms with Crippen LogP contribution >= 0.6 is 0 Å². The fraction of sp³-hybridized carbons (Fsp3) is 0.355. The number of ether oxygens (including phenoxy) is 2. The molecule has 1 N–H and O–H groups in total. The molecule has 0 radical (unpaired) electrons. The number of pyridine rings is 1. The minimum atomic E-state index is -0.588. The topological polar surface area (TPSA) is 79.3 Å². The van der Waals surface area contributed by atoms with Gasteiger partial charge >= 0.3 is 0 Å². The lowest BCUT2D eigenvalue weighted by molar-refractivity contribution is 0.0302. The Morgan fingerprint density at radius 3 is 2.59 bits per heavy atom. The summed E-state index contributed by atoms with van der Waals surface area (Å²) < 4.78 is 29.5. The number of piperazine rings is 1. The zero-order valence-corrected chi connectivity index (χ0v) is 23.0. The number of halogens is 1. The van der Waals surface area contributed by atoms with Gasteiger partial charge in [0.05, 0.1) is 24.3 Å². The highest BCUT2D eigenvalue weighted by Crippen LogP contribution is 2.47. The number of aromatic nitrogens is 1. The van der Waals surface area contributed by atoms with E-state index in [1.54, 1.807) is 11.1 Å². The number of likely N-dealkylation sites (N-methyl/N-ethyl adjacent to an activating group) is 1. The van der Waals surface area contributed by atoms with Crippen LogP contribution in [0.25, 0.3) is 27.4 Å². The maximum absolute atomic E-state index is 15.8. The monoisotopic (exact) mass is 557 g/mol. The van der Waals surface area contributed by atoms with Crippen molar-refractivity contribution in [2.24, 2.45) is 0 Å². The van der Waals surface area contributed by atoms with E-state index in [4.69, 9.17) is 9.47 Å². The van der Waals surface area contributed by atoms with Gasteiger partial charge in [-0.25, -0.2) is 4.39 Å². The molecule has 41 heavy (non-hydrogen) atoms. The number of benzene rings is 3. The smallest absolute Gasteiger partial charge is 0.259 e. The molecule has 2 saturated heterocycles. The second kappa shape index (κ2) is 10.4. The molecule has 0 saturated carbocycles. The van der Waals surface area contributed by atoms with Crippen molar-refractivity contribution in [3.8, 4) is 17.2 Å². The Bertz CT molecular complexity index is 1720. The number of hydrogen-bond donors (Lipinski definition) is 1. The van der Waals surface area contributed by atoms with E-state index >= 15 is 4.39 Å². The Balaban J connectivity index is 1.37. The molecule has 1 amide bonds. The second-order valence-corrected chi connectivity index (χ2v) is 10.9. The third-order valence-corrected chi connectivity index (χ3v) is 8.37. The Labute approximate surface area is 236 Å². The number of rotatable bonds is 5. The van der Waals surface area contributed by atoms with Crippen molar-refractivity contribution in [3.63, 3.8) is 0 Å². The van der Waals surface area contributed by atoms with Crippen molar-refractivity contribution in [2.75, 3.05) is 77.9 Å². The molecule has 0 unspecified atom stereocenters. The average molecular weight is 558 g/mol. The van der Waals surface area contributed by atoms with Gasteiger partial charge in [0, 0.05) is 63.9 Å². The van der Waals surface area contributed by atoms with Crippen LogP contribution in [-0.4, -0.2) is 97.8 Å². The van der Waals surface area contributed by atoms with Crippen LogP contribution in [0.1, 0.15) is 10.4 Å². The van der Waals surface area contributed by atoms with Gasteiger partial charge in [-0.1, -0.05) is 30.3 Å². The highest BCUT2D eigenvalue weighted by molar-refractivity contribution is 6.04. The summed E-state index contributed by atoms with van der Waals surface area (Å²) in [6, 6.07) is 12.9. The maximum Gasteiger partial charge on any atom is 0.259 e. The molecule has 3 aliphatic heterocycles. The van der Waals surface area contributed by atoms with Crippen LogP contribution in [0.2, 0.25) is 0 Å². The van der Waals surface area contributed by atoms with Crippen LogP contribution in [0, 0.1) is 5.82 Å². The fourth-order valence-corrected chi connectivity index (χ4v) is 6.04. The van der Waals surface area contributed by atoms with Crippen LogP contribution in [0.15, 0.2) is 53.5 Å². The number of morpholine rings is 1. The number of anilines is 1. The van der Waals surface area contributed by atoms with Gasteiger partial charge < -0.3 is 29.2 Å². The lowest BCUT2D eigenvalue weighted by Gasteiger charge is -2.32. The van der Waals surface area contributed by atoms with Gasteiger partial charge in [-0.15, -0.1) is 0 Å². The van der Waals surface area contributed by atoms with Crippen molar-refractivity contribution < 1.29 is 18.7 Å². The fourth-order valence-electron chi connectivity index (χ4n) is 6.04. The van der Waals surface area contributed by atoms with E-state index in [1.807, 2.05) is 41.0 Å². The summed E-state index contributed by atoms with van der Waals surface area (Å²) in [6.45, 7) is 6.82. The number of nitrogens with one attached hydrogen (secondary N) is 1. The molecule has 0 atom stereocenters. The number of hydrogen-bond acceptors (Lipinski definition) is 7. The van der Waals surface area contributed by atoms with Crippen molar-refractivity contribution in [1.29, 1.82) is 0 Å². The third-order valence-electron chi connectivity index (χ3n) is 8.37. The van der Waals surface area contributed by atoms with Gasteiger partial charge in [0.2, 0.25) is 5.43 Å². The normalized spacial score (nSPS) is 17.5. The quantitative estimate of drug-likeness (QED) is 0.354. The number of carbonyl (C=O) groups excluding carboxylic acids is 1. The zero-order valence-electron chi connectivity index (χ0n) is 23.0. The predicted molar refractivity (Wildman–Crippen MR) is 156 cm³/mol. The standard InChI is InChI=1S/C31H32FN5O4/c1-34-10-12-35(13-11-34)9-8-33-26-24(32)18-22-28-30(26)41-25-7-6-20-4-2-3-5-21(20)27(25)37(28)19-23(29(22)38)31(39)36-14-16-40-17-15-36/h2-7,18-19,33H,8-17H2,1H3. The summed E-state index contributed by atoms with van der Waals surface area (Å²) in [4.78, 5) is 33.6. The van der Waals surface area contributed by atoms with Crippen molar-refractivity contribution >= 4 is 33.3 Å².